The molecule has 0 saturated heterocycles. The van der Waals surface area contributed by atoms with E-state index < -0.39 is 15.5 Å². The lowest BCUT2D eigenvalue weighted by Gasteiger charge is -2.06. The lowest BCUT2D eigenvalue weighted by atomic mass is 10.1. The number of anilines is 1. The highest BCUT2D eigenvalue weighted by Crippen LogP contribution is 2.29. The molecule has 0 bridgehead atoms. The zero-order valence-corrected chi connectivity index (χ0v) is 14.5. The van der Waals surface area contributed by atoms with Gasteiger partial charge in [-0.15, -0.1) is 0 Å². The number of rotatable bonds is 12. The second-order valence-electron chi connectivity index (χ2n) is 5.99. The number of unbranched alkanes of at least 4 members (excludes halogenated alkanes) is 7. The number of carbonyl (C=O) groups is 1. The third-order valence-corrected chi connectivity index (χ3v) is 3.92. The van der Waals surface area contributed by atoms with Crippen LogP contribution in [-0.4, -0.2) is 15.8 Å². The van der Waals surface area contributed by atoms with E-state index in [1.807, 2.05) is 0 Å². The van der Waals surface area contributed by atoms with Gasteiger partial charge >= 0.3 is 0 Å². The minimum absolute atomic E-state index is 0.0137. The molecule has 1 rings (SSSR count). The van der Waals surface area contributed by atoms with Crippen LogP contribution in [0.3, 0.4) is 0 Å². The van der Waals surface area contributed by atoms with Crippen LogP contribution in [0.5, 0.6) is 0 Å². The van der Waals surface area contributed by atoms with Gasteiger partial charge in [0.2, 0.25) is 5.91 Å². The Balaban J connectivity index is 2.41. The summed E-state index contributed by atoms with van der Waals surface area (Å²) < 4.78 is 0. The second-order valence-corrected chi connectivity index (χ2v) is 5.99. The third kappa shape index (κ3) is 7.73. The predicted octanol–water partition coefficient (Wildman–Crippen LogP) is 4.97. The molecule has 138 valence electrons. The molecule has 0 spiro atoms. The Morgan fingerprint density at radius 1 is 0.960 bits per heavy atom. The first-order valence-corrected chi connectivity index (χ1v) is 8.68. The highest BCUT2D eigenvalue weighted by atomic mass is 16.6. The predicted molar refractivity (Wildman–Crippen MR) is 95.6 cm³/mol. The van der Waals surface area contributed by atoms with E-state index in [1.54, 1.807) is 0 Å². The number of benzene rings is 1. The van der Waals surface area contributed by atoms with Crippen LogP contribution in [-0.2, 0) is 4.79 Å². The molecular formula is C17H25N3O5. The first-order chi connectivity index (χ1) is 12.0. The quantitative estimate of drug-likeness (QED) is 0.324. The van der Waals surface area contributed by atoms with Crippen molar-refractivity contribution in [3.8, 4) is 0 Å². The van der Waals surface area contributed by atoms with Gasteiger partial charge in [0, 0.05) is 12.5 Å². The summed E-state index contributed by atoms with van der Waals surface area (Å²) in [7, 11) is 0. The Bertz CT molecular complexity index is 604. The minimum atomic E-state index is -0.737. The highest BCUT2D eigenvalue weighted by molar-refractivity contribution is 5.93. The molecule has 25 heavy (non-hydrogen) atoms. The van der Waals surface area contributed by atoms with E-state index in [4.69, 9.17) is 0 Å². The lowest BCUT2D eigenvalue weighted by Crippen LogP contribution is -2.12. The molecule has 0 radical (unpaired) electrons. The van der Waals surface area contributed by atoms with E-state index in [-0.39, 0.29) is 23.7 Å². The number of non-ortho nitro benzene ring substituents is 1. The number of nitro groups is 2. The van der Waals surface area contributed by atoms with Gasteiger partial charge in [0.15, 0.2) is 0 Å². The van der Waals surface area contributed by atoms with Gasteiger partial charge in [-0.1, -0.05) is 51.9 Å². The zero-order valence-electron chi connectivity index (χ0n) is 14.5. The number of nitrogens with zero attached hydrogens (tertiary/aromatic N) is 2. The van der Waals surface area contributed by atoms with Crippen molar-refractivity contribution in [1.82, 2.24) is 0 Å². The smallest absolute Gasteiger partial charge is 0.299 e. The zero-order chi connectivity index (χ0) is 18.7. The standard InChI is InChI=1S/C17H25N3O5/c1-2-3-4-5-6-7-8-9-10-17(21)18-15-12-11-14(19(22)23)13-16(15)20(24)25/h11-13H,2-10H2,1H3,(H,18,21). The molecule has 0 saturated carbocycles. The minimum Gasteiger partial charge on any atom is -0.320 e. The largest absolute Gasteiger partial charge is 0.320 e. The maximum atomic E-state index is 11.9. The lowest BCUT2D eigenvalue weighted by molar-refractivity contribution is -0.393. The molecule has 1 amide bonds. The van der Waals surface area contributed by atoms with E-state index in [1.165, 1.54) is 31.7 Å². The van der Waals surface area contributed by atoms with Crippen LogP contribution in [0, 0.1) is 20.2 Å². The first-order valence-electron chi connectivity index (χ1n) is 8.68. The molecule has 0 unspecified atom stereocenters. The monoisotopic (exact) mass is 351 g/mol. The Morgan fingerprint density at radius 2 is 1.56 bits per heavy atom. The average molecular weight is 351 g/mol. The van der Waals surface area contributed by atoms with Crippen molar-refractivity contribution in [2.45, 2.75) is 64.7 Å². The van der Waals surface area contributed by atoms with Gasteiger partial charge < -0.3 is 5.32 Å². The summed E-state index contributed by atoms with van der Waals surface area (Å²) in [6.45, 7) is 2.17. The van der Waals surface area contributed by atoms with Gasteiger partial charge in [-0.05, 0) is 12.5 Å². The summed E-state index contributed by atoms with van der Waals surface area (Å²) in [5.74, 6) is -0.317. The van der Waals surface area contributed by atoms with Crippen LogP contribution < -0.4 is 5.32 Å². The molecule has 1 aromatic rings. The van der Waals surface area contributed by atoms with E-state index in [2.05, 4.69) is 12.2 Å². The fraction of sp³-hybridized carbons (Fsp3) is 0.588. The number of hydrogen-bond acceptors (Lipinski definition) is 5. The summed E-state index contributed by atoms with van der Waals surface area (Å²) in [5, 5.41) is 24.2. The van der Waals surface area contributed by atoms with Crippen molar-refractivity contribution in [3.63, 3.8) is 0 Å². The van der Waals surface area contributed by atoms with Crippen LogP contribution in [0.1, 0.15) is 64.7 Å². The Hall–Kier alpha value is -2.51. The van der Waals surface area contributed by atoms with Crippen LogP contribution in [0.2, 0.25) is 0 Å². The molecule has 0 aromatic heterocycles. The first kappa shape index (κ1) is 20.5. The Kier molecular flexibility index (Phi) is 9.13. The van der Waals surface area contributed by atoms with Crippen LogP contribution in [0.15, 0.2) is 18.2 Å². The van der Waals surface area contributed by atoms with Crippen molar-refractivity contribution >= 4 is 23.0 Å². The van der Waals surface area contributed by atoms with Gasteiger partial charge in [-0.25, -0.2) is 0 Å². The Morgan fingerprint density at radius 3 is 2.12 bits per heavy atom. The molecule has 0 atom stereocenters. The summed E-state index contributed by atoms with van der Waals surface area (Å²) in [6, 6.07) is 3.19. The van der Waals surface area contributed by atoms with Crippen molar-refractivity contribution in [2.24, 2.45) is 0 Å². The maximum absolute atomic E-state index is 11.9. The summed E-state index contributed by atoms with van der Waals surface area (Å²) >= 11 is 0. The average Bonchev–Trinajstić information content (AvgIpc) is 2.57. The topological polar surface area (TPSA) is 115 Å². The molecule has 0 aliphatic carbocycles. The fourth-order valence-electron chi connectivity index (χ4n) is 2.52. The number of nitro benzene ring substituents is 2. The van der Waals surface area contributed by atoms with Crippen LogP contribution in [0.4, 0.5) is 17.1 Å². The van der Waals surface area contributed by atoms with Gasteiger partial charge in [0.25, 0.3) is 11.4 Å². The third-order valence-electron chi connectivity index (χ3n) is 3.92. The van der Waals surface area contributed by atoms with Crippen molar-refractivity contribution in [2.75, 3.05) is 5.32 Å². The van der Waals surface area contributed by atoms with Gasteiger partial charge in [0.1, 0.15) is 5.69 Å². The SMILES string of the molecule is CCCCCCCCCCC(=O)Nc1ccc([N+](=O)[O-])cc1[N+](=O)[O-]. The fourth-order valence-corrected chi connectivity index (χ4v) is 2.52. The highest BCUT2D eigenvalue weighted by Gasteiger charge is 2.20. The summed E-state index contributed by atoms with van der Waals surface area (Å²) in [4.78, 5) is 32.2. The molecule has 8 nitrogen and oxygen atoms in total. The molecule has 0 aliphatic rings. The van der Waals surface area contributed by atoms with E-state index in [0.717, 1.165) is 37.8 Å². The van der Waals surface area contributed by atoms with Gasteiger partial charge in [-0.2, -0.15) is 0 Å². The second kappa shape index (κ2) is 11.1. The normalized spacial score (nSPS) is 10.4. The molecule has 1 aromatic carbocycles. The van der Waals surface area contributed by atoms with E-state index in [9.17, 15) is 25.0 Å². The van der Waals surface area contributed by atoms with Crippen molar-refractivity contribution < 1.29 is 14.6 Å². The molecule has 8 heteroatoms. The number of amides is 1. The molecule has 0 fully saturated rings. The number of hydrogen-bond donors (Lipinski definition) is 1. The van der Waals surface area contributed by atoms with E-state index >= 15 is 0 Å². The summed E-state index contributed by atoms with van der Waals surface area (Å²) in [6.07, 6.45) is 9.14. The van der Waals surface area contributed by atoms with Crippen molar-refractivity contribution in [1.29, 1.82) is 0 Å². The van der Waals surface area contributed by atoms with E-state index in [0.29, 0.717) is 0 Å². The van der Waals surface area contributed by atoms with Gasteiger partial charge in [0.05, 0.1) is 15.9 Å². The van der Waals surface area contributed by atoms with Crippen molar-refractivity contribution in [3.05, 3.63) is 38.4 Å². The van der Waals surface area contributed by atoms with Crippen LogP contribution >= 0.6 is 0 Å². The molecule has 0 aliphatic heterocycles. The van der Waals surface area contributed by atoms with Crippen LogP contribution in [0.25, 0.3) is 0 Å². The molecular weight excluding hydrogens is 326 g/mol. The van der Waals surface area contributed by atoms with Gasteiger partial charge in [-0.3, -0.25) is 25.0 Å². The number of nitrogens with one attached hydrogen (secondary N) is 1. The molecule has 1 N–H and O–H groups in total. The Labute approximate surface area is 146 Å². The number of carbonyl (C=O) groups excluding carboxylic acids is 1. The maximum Gasteiger partial charge on any atom is 0.299 e. The molecule has 0 heterocycles. The summed E-state index contributed by atoms with van der Waals surface area (Å²) in [5.41, 5.74) is -0.869.